The summed E-state index contributed by atoms with van der Waals surface area (Å²) < 4.78 is 27.2. The number of benzene rings is 3. The zero-order valence-corrected chi connectivity index (χ0v) is 35.2. The number of amidine groups is 1. The van der Waals surface area contributed by atoms with Gasteiger partial charge in [0, 0.05) is 23.2 Å². The summed E-state index contributed by atoms with van der Waals surface area (Å²) in [5.41, 5.74) is 2.57. The Morgan fingerprint density at radius 3 is 2.22 bits per heavy atom. The predicted molar refractivity (Wildman–Crippen MR) is 217 cm³/mol. The van der Waals surface area contributed by atoms with Crippen molar-refractivity contribution < 1.29 is 52.3 Å². The largest absolute Gasteiger partial charge is 0.496 e. The summed E-state index contributed by atoms with van der Waals surface area (Å²) in [6, 6.07) is 10.9. The van der Waals surface area contributed by atoms with E-state index in [9.17, 15) is 14.9 Å². The quantitative estimate of drug-likeness (QED) is 0.0644. The van der Waals surface area contributed by atoms with Crippen molar-refractivity contribution in [3.8, 4) is 23.0 Å². The average Bonchev–Trinajstić information content (AvgIpc) is 3.31. The number of amides is 3. The number of carbonyl (C=O) groups excluding carboxylic acids is 3. The van der Waals surface area contributed by atoms with Crippen LogP contribution in [0.25, 0.3) is 0 Å². The standard InChI is InChI=1S/C41H52ClN5O11/c1-10-12-32(25-13-15-30(33(19-25)46(51)52)39(49)58-41(3,4)5)44-40(50)47(23-31-35(55-8)20-29(53-6)21-36(31)56-9)24-37(45-57-11-2)43-22-27(38(47)48)17-26-18-28(42)14-16-34(26)54-7/h13-16,18-21,27,32H,10-12,17,22-24H2,1-9H3,(H-,43,44,45,50)/p+1/t27-,32+,47?/m0/s1. The maximum atomic E-state index is 15.4. The van der Waals surface area contributed by atoms with Gasteiger partial charge in [-0.1, -0.05) is 31.0 Å². The molecule has 0 fully saturated rings. The number of nitrogens with zero attached hydrogens (tertiary/aromatic N) is 3. The second-order valence-corrected chi connectivity index (χ2v) is 15.1. The van der Waals surface area contributed by atoms with Gasteiger partial charge in [-0.15, -0.1) is 0 Å². The highest BCUT2D eigenvalue weighted by atomic mass is 35.5. The molecule has 0 saturated carbocycles. The number of aliphatic imine (C=N–C) groups is 1. The third-order valence-electron chi connectivity index (χ3n) is 9.49. The number of hydroxylamine groups is 1. The van der Waals surface area contributed by atoms with Gasteiger partial charge in [0.05, 0.1) is 64.0 Å². The zero-order chi connectivity index (χ0) is 42.8. The molecule has 16 nitrogen and oxygen atoms in total. The van der Waals surface area contributed by atoms with E-state index in [4.69, 9.17) is 45.1 Å². The van der Waals surface area contributed by atoms with Gasteiger partial charge in [-0.2, -0.15) is 4.48 Å². The average molecular weight is 827 g/mol. The first-order valence-corrected chi connectivity index (χ1v) is 19.2. The Labute approximate surface area is 343 Å². The van der Waals surface area contributed by atoms with Crippen LogP contribution in [0, 0.1) is 16.0 Å². The normalized spacial score (nSPS) is 17.3. The molecule has 17 heteroatoms. The van der Waals surface area contributed by atoms with Gasteiger partial charge in [0.1, 0.15) is 40.7 Å². The molecule has 0 aromatic heterocycles. The summed E-state index contributed by atoms with van der Waals surface area (Å²) in [5, 5.41) is 15.8. The first-order chi connectivity index (χ1) is 27.5. The van der Waals surface area contributed by atoms with Crippen molar-refractivity contribution in [2.75, 3.05) is 48.1 Å². The maximum absolute atomic E-state index is 15.4. The van der Waals surface area contributed by atoms with Gasteiger partial charge < -0.3 is 23.7 Å². The molecule has 3 aromatic rings. The van der Waals surface area contributed by atoms with Crippen LogP contribution in [0.1, 0.15) is 80.6 Å². The number of esters is 1. The molecule has 0 aliphatic carbocycles. The van der Waals surface area contributed by atoms with Crippen LogP contribution in [0.2, 0.25) is 5.02 Å². The third-order valence-corrected chi connectivity index (χ3v) is 9.72. The van der Waals surface area contributed by atoms with Crippen molar-refractivity contribution in [2.24, 2.45) is 10.9 Å². The molecule has 1 heterocycles. The van der Waals surface area contributed by atoms with Gasteiger partial charge in [0.25, 0.3) is 5.69 Å². The molecule has 0 saturated heterocycles. The summed E-state index contributed by atoms with van der Waals surface area (Å²) >= 11 is 6.41. The van der Waals surface area contributed by atoms with Crippen molar-refractivity contribution >= 4 is 41.0 Å². The number of halogens is 1. The van der Waals surface area contributed by atoms with E-state index in [0.29, 0.717) is 57.6 Å². The first kappa shape index (κ1) is 45.3. The van der Waals surface area contributed by atoms with Gasteiger partial charge in [-0.3, -0.25) is 25.3 Å². The second kappa shape index (κ2) is 19.8. The molecule has 4 rings (SSSR count). The first-order valence-electron chi connectivity index (χ1n) is 18.8. The molecule has 3 aromatic carbocycles. The second-order valence-electron chi connectivity index (χ2n) is 14.6. The van der Waals surface area contributed by atoms with Gasteiger partial charge in [0.15, 0.2) is 12.4 Å². The monoisotopic (exact) mass is 826 g/mol. The van der Waals surface area contributed by atoms with Crippen LogP contribution < -0.4 is 29.7 Å². The minimum absolute atomic E-state index is 0.0230. The van der Waals surface area contributed by atoms with E-state index in [0.717, 1.165) is 0 Å². The van der Waals surface area contributed by atoms with Crippen LogP contribution in [0.3, 0.4) is 0 Å². The molecule has 1 aliphatic heterocycles. The SMILES string of the molecule is CCC[C@@H](NC(=O)[N+]1(Cc2c(OC)cc(OC)cc2OC)CC(NOCC)=NC[C@H](Cc2cc(Cl)ccc2OC)C1=O)c1ccc(C(=O)OC(C)(C)C)c([N+](=O)[O-])c1. The van der Waals surface area contributed by atoms with Crippen molar-refractivity contribution in [3.05, 3.63) is 85.9 Å². The van der Waals surface area contributed by atoms with E-state index in [-0.39, 0.29) is 44.1 Å². The Bertz CT molecular complexity index is 1990. The van der Waals surface area contributed by atoms with Crippen LogP contribution >= 0.6 is 11.6 Å². The fourth-order valence-corrected chi connectivity index (χ4v) is 6.96. The number of urea groups is 1. The van der Waals surface area contributed by atoms with Crippen LogP contribution in [0.5, 0.6) is 23.0 Å². The molecule has 1 aliphatic rings. The molecule has 2 N–H and O–H groups in total. The molecule has 3 amide bonds. The number of quaternary nitrogens is 1. The molecule has 314 valence electrons. The fourth-order valence-electron chi connectivity index (χ4n) is 6.76. The van der Waals surface area contributed by atoms with Crippen LogP contribution in [0.4, 0.5) is 10.5 Å². The molecule has 1 unspecified atom stereocenters. The van der Waals surface area contributed by atoms with Crippen LogP contribution in [0.15, 0.2) is 53.5 Å². The summed E-state index contributed by atoms with van der Waals surface area (Å²) in [4.78, 5) is 65.8. The molecular formula is C41H53ClN5O11+. The van der Waals surface area contributed by atoms with E-state index >= 15 is 9.59 Å². The number of methoxy groups -OCH3 is 4. The van der Waals surface area contributed by atoms with Gasteiger partial charge >= 0.3 is 17.9 Å². The maximum Gasteiger partial charge on any atom is 0.425 e. The van der Waals surface area contributed by atoms with E-state index < -0.39 is 50.6 Å². The van der Waals surface area contributed by atoms with Gasteiger partial charge in [-0.05, 0) is 75.9 Å². The molecule has 0 spiro atoms. The van der Waals surface area contributed by atoms with Crippen molar-refractivity contribution in [3.63, 3.8) is 0 Å². The van der Waals surface area contributed by atoms with Gasteiger partial charge in [0.2, 0.25) is 0 Å². The minimum atomic E-state index is -0.899. The van der Waals surface area contributed by atoms with Crippen molar-refractivity contribution in [1.82, 2.24) is 10.8 Å². The lowest BCUT2D eigenvalue weighted by Crippen LogP contribution is -2.64. The topological polar surface area (TPSA) is 186 Å². The van der Waals surface area contributed by atoms with Gasteiger partial charge in [-0.25, -0.2) is 19.9 Å². The zero-order valence-electron chi connectivity index (χ0n) is 34.4. The van der Waals surface area contributed by atoms with Crippen molar-refractivity contribution in [1.29, 1.82) is 0 Å². The molecule has 58 heavy (non-hydrogen) atoms. The molecule has 3 atom stereocenters. The Balaban J connectivity index is 1.94. The number of nitrogens with one attached hydrogen (secondary N) is 2. The number of imide groups is 1. The number of ether oxygens (including phenoxy) is 5. The summed E-state index contributed by atoms with van der Waals surface area (Å²) in [7, 11) is 5.91. The van der Waals surface area contributed by atoms with E-state index in [1.54, 1.807) is 58.0 Å². The Morgan fingerprint density at radius 1 is 0.983 bits per heavy atom. The number of rotatable bonds is 16. The van der Waals surface area contributed by atoms with Crippen molar-refractivity contribution in [2.45, 2.75) is 72.1 Å². The summed E-state index contributed by atoms with van der Waals surface area (Å²) in [6.07, 6.45) is 0.963. The number of nitro groups is 1. The lowest BCUT2D eigenvalue weighted by Gasteiger charge is -2.36. The molecule has 0 radical (unpaired) electrons. The number of hydrogen-bond donors (Lipinski definition) is 2. The summed E-state index contributed by atoms with van der Waals surface area (Å²) in [5.74, 6) is -0.532. The lowest BCUT2D eigenvalue weighted by atomic mass is 9.95. The smallest absolute Gasteiger partial charge is 0.425 e. The Morgan fingerprint density at radius 2 is 1.66 bits per heavy atom. The number of nitro benzene ring substituents is 1. The molecular weight excluding hydrogens is 774 g/mol. The lowest BCUT2D eigenvalue weighted by molar-refractivity contribution is -0.780. The fraction of sp³-hybridized carbons (Fsp3) is 0.463. The highest BCUT2D eigenvalue weighted by Gasteiger charge is 2.52. The highest BCUT2D eigenvalue weighted by Crippen LogP contribution is 2.39. The van der Waals surface area contributed by atoms with E-state index in [1.165, 1.54) is 46.6 Å². The third kappa shape index (κ3) is 10.7. The Hall–Kier alpha value is -5.45. The highest BCUT2D eigenvalue weighted by molar-refractivity contribution is 6.30. The minimum Gasteiger partial charge on any atom is -0.496 e. The van der Waals surface area contributed by atoms with Crippen LogP contribution in [-0.2, 0) is 27.3 Å². The van der Waals surface area contributed by atoms with E-state index in [1.807, 2.05) is 6.92 Å². The van der Waals surface area contributed by atoms with E-state index in [2.05, 4.69) is 10.8 Å². The Kier molecular flexibility index (Phi) is 15.5. The number of carbonyl (C=O) groups is 3. The number of hydrogen-bond acceptors (Lipinski definition) is 13. The van der Waals surface area contributed by atoms with Crippen LogP contribution in [-0.4, -0.2) is 86.9 Å². The molecule has 0 bridgehead atoms. The predicted octanol–water partition coefficient (Wildman–Crippen LogP) is 7.14. The summed E-state index contributed by atoms with van der Waals surface area (Å²) in [6.45, 7) is 8.30.